The van der Waals surface area contributed by atoms with Crippen LogP contribution in [0.4, 0.5) is 0 Å². The van der Waals surface area contributed by atoms with Crippen LogP contribution in [0, 0.1) is 0 Å². The van der Waals surface area contributed by atoms with Gasteiger partial charge in [0.2, 0.25) is 29.9 Å². The quantitative estimate of drug-likeness (QED) is 0.0219. The van der Waals surface area contributed by atoms with Gasteiger partial charge in [0, 0.05) is 40.4 Å². The molecule has 17 N–H and O–H groups in total. The van der Waals surface area contributed by atoms with Crippen molar-refractivity contribution < 1.29 is 147 Å². The maximum Gasteiger partial charge on any atom is 0.251 e. The number of rotatable bonds is 37. The van der Waals surface area contributed by atoms with Crippen LogP contribution < -0.4 is 31.3 Å². The SMILES string of the molecule is CCCCCCCCCCCOc1cccc(C(=O)NC2C(OC3C(O)C(NC(C)=O)[C@H](O[C@@H](C)C(CO)OC(OC4C(O)C(NC(C)=O)[C@H](OC5C(COC6OC(C)C(O)C(O)C6OC)OC(C)C(NC(C)=O)C5O)O[C@H]4CO)[C@H](O)NC(C)=O)O[C@H]3CO)OC(CO)C(O)C2O)c1. The number of carbonyl (C=O) groups excluding carboxylic acids is 5. The van der Waals surface area contributed by atoms with Crippen LogP contribution in [0.5, 0.6) is 5.75 Å². The lowest BCUT2D eigenvalue weighted by molar-refractivity contribution is -0.352. The average Bonchev–Trinajstić information content (AvgIpc) is 0.782. The molecule has 5 saturated heterocycles. The van der Waals surface area contributed by atoms with Gasteiger partial charge in [-0.3, -0.25) is 24.0 Å². The molecule has 5 heterocycles. The summed E-state index contributed by atoms with van der Waals surface area (Å²) < 4.78 is 78.5. The zero-order valence-corrected chi connectivity index (χ0v) is 57.4. The van der Waals surface area contributed by atoms with E-state index in [0.29, 0.717) is 12.4 Å². The number of carbonyl (C=O) groups is 5. The summed E-state index contributed by atoms with van der Waals surface area (Å²) in [7, 11) is 1.25. The maximum absolute atomic E-state index is 13.9. The second-order valence-electron chi connectivity index (χ2n) is 25.6. The molecule has 6 rings (SSSR count). The van der Waals surface area contributed by atoms with Crippen molar-refractivity contribution in [1.82, 2.24) is 26.6 Å². The van der Waals surface area contributed by atoms with E-state index in [2.05, 4.69) is 33.5 Å². The smallest absolute Gasteiger partial charge is 0.251 e. The molecule has 29 atom stereocenters. The molecule has 568 valence electrons. The number of unbranched alkanes of at least 4 members (excludes halogenated alkanes) is 8. The Morgan fingerprint density at radius 3 is 1.64 bits per heavy atom. The summed E-state index contributed by atoms with van der Waals surface area (Å²) >= 11 is 0. The summed E-state index contributed by atoms with van der Waals surface area (Å²) in [6.07, 6.45) is -30.9. The van der Waals surface area contributed by atoms with Gasteiger partial charge in [-0.15, -0.1) is 0 Å². The molecule has 0 radical (unpaired) electrons. The monoisotopic (exact) mass is 1430 g/mol. The van der Waals surface area contributed by atoms with E-state index in [9.17, 15) is 85.3 Å². The number of hydrogen-bond donors (Lipinski definition) is 17. The molecule has 35 heteroatoms. The number of nitrogens with one attached hydrogen (secondary N) is 5. The number of ether oxygens (including phenoxy) is 13. The van der Waals surface area contributed by atoms with Gasteiger partial charge in [0.25, 0.3) is 5.91 Å². The summed E-state index contributed by atoms with van der Waals surface area (Å²) in [4.78, 5) is 64.7. The number of aliphatic hydroxyl groups is 12. The van der Waals surface area contributed by atoms with Crippen molar-refractivity contribution in [2.45, 2.75) is 291 Å². The first-order valence-corrected chi connectivity index (χ1v) is 33.8. The molecule has 5 fully saturated rings. The first-order chi connectivity index (χ1) is 47.1. The van der Waals surface area contributed by atoms with Gasteiger partial charge in [-0.2, -0.15) is 0 Å². The molecule has 1 aromatic rings. The zero-order chi connectivity index (χ0) is 72.9. The summed E-state index contributed by atoms with van der Waals surface area (Å²) in [6.45, 7) is 6.87. The summed E-state index contributed by atoms with van der Waals surface area (Å²) in [5.41, 5.74) is 0.0756. The highest BCUT2D eigenvalue weighted by Gasteiger charge is 2.56. The Balaban J connectivity index is 1.18. The lowest BCUT2D eigenvalue weighted by Crippen LogP contribution is -2.70. The van der Waals surface area contributed by atoms with Crippen molar-refractivity contribution >= 4 is 29.5 Å². The van der Waals surface area contributed by atoms with E-state index < -0.39 is 240 Å². The molecular formula is C64H107N5O30. The minimum Gasteiger partial charge on any atom is -0.494 e. The lowest BCUT2D eigenvalue weighted by Gasteiger charge is -2.49. The predicted octanol–water partition coefficient (Wildman–Crippen LogP) is -4.83. The van der Waals surface area contributed by atoms with Crippen LogP contribution in [0.15, 0.2) is 24.3 Å². The minimum absolute atomic E-state index is 0.0756. The molecule has 0 aromatic heterocycles. The maximum atomic E-state index is 13.9. The average molecular weight is 1430 g/mol. The normalized spacial score (nSPS) is 36.2. The molecule has 0 saturated carbocycles. The van der Waals surface area contributed by atoms with E-state index in [1.54, 1.807) is 12.1 Å². The van der Waals surface area contributed by atoms with Crippen LogP contribution in [0.3, 0.4) is 0 Å². The lowest BCUT2D eigenvalue weighted by atomic mass is 9.92. The Labute approximate surface area is 574 Å². The van der Waals surface area contributed by atoms with Crippen LogP contribution in [0.25, 0.3) is 0 Å². The summed E-state index contributed by atoms with van der Waals surface area (Å²) in [6, 6.07) is 0.0328. The molecular weight excluding hydrogens is 1320 g/mol. The molecule has 99 heavy (non-hydrogen) atoms. The molecule has 1 aromatic carbocycles. The fourth-order valence-corrected chi connectivity index (χ4v) is 12.5. The van der Waals surface area contributed by atoms with E-state index in [-0.39, 0.29) is 5.56 Å². The number of methoxy groups -OCH3 is 1. The fourth-order valence-electron chi connectivity index (χ4n) is 12.5. The van der Waals surface area contributed by atoms with E-state index in [1.165, 1.54) is 79.0 Å². The van der Waals surface area contributed by atoms with Gasteiger partial charge >= 0.3 is 0 Å². The summed E-state index contributed by atoms with van der Waals surface area (Å²) in [5.74, 6) is -3.41. The van der Waals surface area contributed by atoms with Crippen LogP contribution in [-0.4, -0.2) is 315 Å². The van der Waals surface area contributed by atoms with E-state index in [0.717, 1.165) is 46.5 Å². The first kappa shape index (κ1) is 83.4. The summed E-state index contributed by atoms with van der Waals surface area (Å²) in [5, 5.41) is 147. The third-order valence-electron chi connectivity index (χ3n) is 17.9. The highest BCUT2D eigenvalue weighted by atomic mass is 16.8. The van der Waals surface area contributed by atoms with E-state index >= 15 is 0 Å². The van der Waals surface area contributed by atoms with Crippen molar-refractivity contribution in [1.29, 1.82) is 0 Å². The van der Waals surface area contributed by atoms with Crippen LogP contribution in [0.2, 0.25) is 0 Å². The van der Waals surface area contributed by atoms with E-state index in [1.807, 2.05) is 0 Å². The van der Waals surface area contributed by atoms with Gasteiger partial charge in [0.05, 0.1) is 64.0 Å². The standard InChI is InChI=1S/C64H107N5O30/c1-10-11-12-13-14-15-16-17-18-22-88-37-21-19-20-36(23-37)58(85)69-44-49(80)48(79)39(25-71)94-61(44)97-54-40(26-72)95-60(45(51(54)82)66-33(6)75)91-29(2)38(24-70)93-64(59(86)68-35(8)77)99-55-41(27-73)96-62(46(52(55)83)67-34(7)76)98-56-42(90-30(3)43(50(56)81)65-32(5)74)28-89-63-57(87-9)53(84)47(78)31(4)92-63/h19-21,23,29-31,38-57,59-64,70-73,78-84,86H,10-18,22,24-28H2,1-9H3,(H,65,74)(H,66,75)(H,67,76)(H,68,77)(H,69,85)/t29-,30?,31?,38?,39?,40-,41-,42?,43?,44?,45?,46?,47?,48?,49?,50?,51?,52?,53?,54?,55?,56?,57?,59-,60+,61?,62-,63?,64?/m0/s1. The first-order valence-electron chi connectivity index (χ1n) is 33.8. The van der Waals surface area contributed by atoms with Crippen molar-refractivity contribution in [3.05, 3.63) is 29.8 Å². The Bertz CT molecular complexity index is 2630. The number of hydrogen-bond acceptors (Lipinski definition) is 30. The Hall–Kier alpha value is -4.59. The second-order valence-corrected chi connectivity index (χ2v) is 25.6. The topological polar surface area (TPSA) is 508 Å². The Morgan fingerprint density at radius 2 is 1.06 bits per heavy atom. The van der Waals surface area contributed by atoms with Crippen LogP contribution in [-0.2, 0) is 76.0 Å². The van der Waals surface area contributed by atoms with Crippen LogP contribution in [0.1, 0.15) is 124 Å². The Kier molecular flexibility index (Phi) is 34.1. The van der Waals surface area contributed by atoms with Crippen molar-refractivity contribution in [2.75, 3.05) is 46.8 Å². The molecule has 5 aliphatic heterocycles. The van der Waals surface area contributed by atoms with Gasteiger partial charge in [0.1, 0.15) is 122 Å². The molecule has 23 unspecified atom stereocenters. The van der Waals surface area contributed by atoms with E-state index in [4.69, 9.17) is 61.6 Å². The van der Waals surface area contributed by atoms with Gasteiger partial charge in [-0.1, -0.05) is 64.4 Å². The molecule has 35 nitrogen and oxygen atoms in total. The van der Waals surface area contributed by atoms with Crippen LogP contribution >= 0.6 is 0 Å². The highest BCUT2D eigenvalue weighted by Crippen LogP contribution is 2.35. The van der Waals surface area contributed by atoms with Gasteiger partial charge in [0.15, 0.2) is 31.4 Å². The molecule has 5 amide bonds. The molecule has 5 aliphatic rings. The minimum atomic E-state index is -2.19. The molecule has 0 aliphatic carbocycles. The van der Waals surface area contributed by atoms with Gasteiger partial charge < -0.3 is 149 Å². The number of aliphatic hydroxyl groups excluding tert-OH is 12. The van der Waals surface area contributed by atoms with Crippen molar-refractivity contribution in [3.63, 3.8) is 0 Å². The molecule has 0 spiro atoms. The third kappa shape index (κ3) is 23.0. The van der Waals surface area contributed by atoms with Gasteiger partial charge in [-0.25, -0.2) is 0 Å². The fraction of sp³-hybridized carbons (Fsp3) is 0.828. The zero-order valence-electron chi connectivity index (χ0n) is 57.4. The van der Waals surface area contributed by atoms with Gasteiger partial charge in [-0.05, 0) is 45.4 Å². The Morgan fingerprint density at radius 1 is 0.535 bits per heavy atom. The largest absolute Gasteiger partial charge is 0.494 e. The third-order valence-corrected chi connectivity index (χ3v) is 17.9. The van der Waals surface area contributed by atoms with Crippen molar-refractivity contribution in [2.24, 2.45) is 0 Å². The van der Waals surface area contributed by atoms with Crippen molar-refractivity contribution in [3.8, 4) is 5.75 Å². The highest BCUT2D eigenvalue weighted by molar-refractivity contribution is 5.94. The molecule has 0 bridgehead atoms. The number of amides is 5. The second kappa shape index (κ2) is 40.5. The number of benzene rings is 1. The predicted molar refractivity (Wildman–Crippen MR) is 339 cm³/mol.